The zero-order valence-electron chi connectivity index (χ0n) is 13.1. The van der Waals surface area contributed by atoms with Crippen molar-refractivity contribution in [3.8, 4) is 5.75 Å². The first-order valence-electron chi connectivity index (χ1n) is 7.15. The summed E-state index contributed by atoms with van der Waals surface area (Å²) in [6, 6.07) is 11.4. The van der Waals surface area contributed by atoms with E-state index >= 15 is 0 Å². The van der Waals surface area contributed by atoms with Crippen LogP contribution in [-0.4, -0.2) is 24.7 Å². The highest BCUT2D eigenvalue weighted by Crippen LogP contribution is 2.16. The van der Waals surface area contributed by atoms with Crippen LogP contribution in [0.3, 0.4) is 0 Å². The van der Waals surface area contributed by atoms with Crippen molar-refractivity contribution < 1.29 is 14.3 Å². The number of aryl methyl sites for hydroxylation is 1. The topological polar surface area (TPSA) is 60.5 Å². The van der Waals surface area contributed by atoms with Gasteiger partial charge in [0, 0.05) is 6.54 Å². The summed E-state index contributed by atoms with van der Waals surface area (Å²) in [5.74, 6) is 1.19. The van der Waals surface area contributed by atoms with Crippen LogP contribution in [0, 0.1) is 6.92 Å². The van der Waals surface area contributed by atoms with E-state index in [0.29, 0.717) is 30.2 Å². The molecule has 0 radical (unpaired) electrons. The van der Waals surface area contributed by atoms with Crippen molar-refractivity contribution in [1.29, 1.82) is 0 Å². The summed E-state index contributed by atoms with van der Waals surface area (Å²) < 4.78 is 10.2. The summed E-state index contributed by atoms with van der Waals surface area (Å²) in [7, 11) is 1.36. The fraction of sp³-hybridized carbons (Fsp3) is 0.294. The molecular weight excluding hydrogens is 280 g/mol. The van der Waals surface area contributed by atoms with E-state index in [1.807, 2.05) is 31.2 Å². The maximum Gasteiger partial charge on any atom is 0.339 e. The van der Waals surface area contributed by atoms with E-state index in [1.165, 1.54) is 7.11 Å². The lowest BCUT2D eigenvalue weighted by atomic mass is 10.2. The van der Waals surface area contributed by atoms with E-state index < -0.39 is 0 Å². The minimum absolute atomic E-state index is 0.374. The molecule has 116 valence electrons. The Kier molecular flexibility index (Phi) is 5.36. The second-order valence-corrected chi connectivity index (χ2v) is 4.76. The van der Waals surface area contributed by atoms with Crippen molar-refractivity contribution in [2.24, 2.45) is 0 Å². The summed E-state index contributed by atoms with van der Waals surface area (Å²) in [5.41, 5.74) is 2.22. The van der Waals surface area contributed by atoms with E-state index in [2.05, 4.69) is 10.3 Å². The number of carbonyl (C=O) groups is 1. The van der Waals surface area contributed by atoms with Crippen molar-refractivity contribution in [2.45, 2.75) is 20.4 Å². The third-order valence-corrected chi connectivity index (χ3v) is 3.17. The van der Waals surface area contributed by atoms with Gasteiger partial charge in [0.1, 0.15) is 11.6 Å². The summed E-state index contributed by atoms with van der Waals surface area (Å²) in [6.45, 7) is 5.02. The Morgan fingerprint density at radius 2 is 2.09 bits per heavy atom. The minimum Gasteiger partial charge on any atom is -0.494 e. The number of aromatic nitrogens is 1. The predicted octanol–water partition coefficient (Wildman–Crippen LogP) is 3.19. The lowest BCUT2D eigenvalue weighted by molar-refractivity contribution is 0.0599. The SMILES string of the molecule is CCOc1cccc(CNc2ccc(C(=O)OC)c(C)n2)c1. The van der Waals surface area contributed by atoms with E-state index in [0.717, 1.165) is 11.3 Å². The molecule has 5 nitrogen and oxygen atoms in total. The average Bonchev–Trinajstić information content (AvgIpc) is 2.53. The second kappa shape index (κ2) is 7.45. The van der Waals surface area contributed by atoms with Gasteiger partial charge in [-0.2, -0.15) is 0 Å². The van der Waals surface area contributed by atoms with Crippen LogP contribution in [0.25, 0.3) is 0 Å². The second-order valence-electron chi connectivity index (χ2n) is 4.76. The number of esters is 1. The monoisotopic (exact) mass is 300 g/mol. The van der Waals surface area contributed by atoms with Crippen molar-refractivity contribution in [2.75, 3.05) is 19.0 Å². The molecule has 0 saturated carbocycles. The van der Waals surface area contributed by atoms with Gasteiger partial charge in [0.15, 0.2) is 0 Å². The number of benzene rings is 1. The number of rotatable bonds is 6. The Labute approximate surface area is 130 Å². The number of pyridine rings is 1. The molecule has 1 aromatic carbocycles. The number of hydrogen-bond donors (Lipinski definition) is 1. The molecule has 0 atom stereocenters. The van der Waals surface area contributed by atoms with Gasteiger partial charge in [-0.15, -0.1) is 0 Å². The third kappa shape index (κ3) is 3.97. The highest BCUT2D eigenvalue weighted by Gasteiger charge is 2.10. The largest absolute Gasteiger partial charge is 0.494 e. The van der Waals surface area contributed by atoms with E-state index in [1.54, 1.807) is 19.1 Å². The fourth-order valence-corrected chi connectivity index (χ4v) is 2.09. The van der Waals surface area contributed by atoms with Gasteiger partial charge in [-0.05, 0) is 43.7 Å². The number of carbonyl (C=O) groups excluding carboxylic acids is 1. The molecule has 2 aromatic rings. The van der Waals surface area contributed by atoms with Gasteiger partial charge < -0.3 is 14.8 Å². The van der Waals surface area contributed by atoms with Gasteiger partial charge in [0.2, 0.25) is 0 Å². The van der Waals surface area contributed by atoms with Gasteiger partial charge in [-0.25, -0.2) is 9.78 Å². The van der Waals surface area contributed by atoms with Crippen LogP contribution in [0.5, 0.6) is 5.75 Å². The molecule has 0 spiro atoms. The molecule has 1 N–H and O–H groups in total. The Morgan fingerprint density at radius 1 is 1.27 bits per heavy atom. The number of nitrogens with zero attached hydrogens (tertiary/aromatic N) is 1. The molecule has 1 aromatic heterocycles. The van der Waals surface area contributed by atoms with E-state index in [-0.39, 0.29) is 5.97 Å². The van der Waals surface area contributed by atoms with Crippen LogP contribution in [0.1, 0.15) is 28.5 Å². The quantitative estimate of drug-likeness (QED) is 0.830. The highest BCUT2D eigenvalue weighted by atomic mass is 16.5. The molecular formula is C17H20N2O3. The van der Waals surface area contributed by atoms with E-state index in [9.17, 15) is 4.79 Å². The molecule has 22 heavy (non-hydrogen) atoms. The van der Waals surface area contributed by atoms with Gasteiger partial charge >= 0.3 is 5.97 Å². The fourth-order valence-electron chi connectivity index (χ4n) is 2.09. The number of anilines is 1. The number of methoxy groups -OCH3 is 1. The maximum absolute atomic E-state index is 11.5. The summed E-state index contributed by atoms with van der Waals surface area (Å²) in [5, 5.41) is 3.24. The van der Waals surface area contributed by atoms with Gasteiger partial charge in [0.05, 0.1) is 25.0 Å². The normalized spacial score (nSPS) is 10.1. The Morgan fingerprint density at radius 3 is 2.77 bits per heavy atom. The van der Waals surface area contributed by atoms with Gasteiger partial charge in [-0.3, -0.25) is 0 Å². The minimum atomic E-state index is -0.374. The third-order valence-electron chi connectivity index (χ3n) is 3.17. The van der Waals surface area contributed by atoms with Crippen LogP contribution in [-0.2, 0) is 11.3 Å². The molecule has 0 unspecified atom stereocenters. The summed E-state index contributed by atoms with van der Waals surface area (Å²) >= 11 is 0. The Bertz CT molecular complexity index is 656. The van der Waals surface area contributed by atoms with Crippen LogP contribution in [0.2, 0.25) is 0 Å². The molecule has 0 aliphatic heterocycles. The lowest BCUT2D eigenvalue weighted by Crippen LogP contribution is -2.08. The van der Waals surface area contributed by atoms with Crippen molar-refractivity contribution >= 4 is 11.8 Å². The van der Waals surface area contributed by atoms with Crippen LogP contribution >= 0.6 is 0 Å². The maximum atomic E-state index is 11.5. The number of nitrogens with one attached hydrogen (secondary N) is 1. The first kappa shape index (κ1) is 15.8. The molecule has 2 rings (SSSR count). The van der Waals surface area contributed by atoms with Crippen molar-refractivity contribution in [3.05, 3.63) is 53.2 Å². The van der Waals surface area contributed by atoms with Crippen LogP contribution < -0.4 is 10.1 Å². The first-order valence-corrected chi connectivity index (χ1v) is 7.15. The molecule has 0 aliphatic carbocycles. The summed E-state index contributed by atoms with van der Waals surface area (Å²) in [4.78, 5) is 15.9. The summed E-state index contributed by atoms with van der Waals surface area (Å²) in [6.07, 6.45) is 0. The molecule has 0 aliphatic rings. The zero-order chi connectivity index (χ0) is 15.9. The molecule has 1 heterocycles. The highest BCUT2D eigenvalue weighted by molar-refractivity contribution is 5.90. The zero-order valence-corrected chi connectivity index (χ0v) is 13.1. The molecule has 0 amide bonds. The van der Waals surface area contributed by atoms with Crippen molar-refractivity contribution in [1.82, 2.24) is 4.98 Å². The molecule has 5 heteroatoms. The van der Waals surface area contributed by atoms with Crippen molar-refractivity contribution in [3.63, 3.8) is 0 Å². The first-order chi connectivity index (χ1) is 10.6. The standard InChI is InChI=1S/C17H20N2O3/c1-4-22-14-7-5-6-13(10-14)11-18-16-9-8-15(12(2)19-16)17(20)21-3/h5-10H,4,11H2,1-3H3,(H,18,19). The Hall–Kier alpha value is -2.56. The number of ether oxygens (including phenoxy) is 2. The Balaban J connectivity index is 2.04. The van der Waals surface area contributed by atoms with Gasteiger partial charge in [0.25, 0.3) is 0 Å². The molecule has 0 fully saturated rings. The van der Waals surface area contributed by atoms with Crippen LogP contribution in [0.4, 0.5) is 5.82 Å². The van der Waals surface area contributed by atoms with Gasteiger partial charge in [-0.1, -0.05) is 12.1 Å². The predicted molar refractivity (Wildman–Crippen MR) is 85.3 cm³/mol. The van der Waals surface area contributed by atoms with E-state index in [4.69, 9.17) is 9.47 Å². The molecule has 0 bridgehead atoms. The van der Waals surface area contributed by atoms with Crippen LogP contribution in [0.15, 0.2) is 36.4 Å². The molecule has 0 saturated heterocycles. The number of hydrogen-bond acceptors (Lipinski definition) is 5. The lowest BCUT2D eigenvalue weighted by Gasteiger charge is -2.10. The average molecular weight is 300 g/mol. The smallest absolute Gasteiger partial charge is 0.339 e.